The molecule has 0 aliphatic carbocycles. The molecule has 3 heterocycles. The van der Waals surface area contributed by atoms with Gasteiger partial charge in [-0.1, -0.05) is 36.4 Å². The average Bonchev–Trinajstić information content (AvgIpc) is 3.03. The Labute approximate surface area is 150 Å². The van der Waals surface area contributed by atoms with Gasteiger partial charge in [0.15, 0.2) is 0 Å². The van der Waals surface area contributed by atoms with E-state index in [1.807, 2.05) is 66.9 Å². The molecule has 0 aliphatic heterocycles. The minimum atomic E-state index is -0.321. The van der Waals surface area contributed by atoms with Crippen LogP contribution >= 0.6 is 0 Å². The summed E-state index contributed by atoms with van der Waals surface area (Å²) in [7, 11) is 0. The molecule has 0 atom stereocenters. The minimum absolute atomic E-state index is 0.261. The van der Waals surface area contributed by atoms with Crippen molar-refractivity contribution in [1.82, 2.24) is 19.4 Å². The van der Waals surface area contributed by atoms with E-state index >= 15 is 0 Å². The number of benzene rings is 1. The molecule has 0 bridgehead atoms. The number of aryl methyl sites for hydroxylation is 2. The van der Waals surface area contributed by atoms with Crippen LogP contribution in [0.5, 0.6) is 0 Å². The zero-order valence-corrected chi connectivity index (χ0v) is 14.5. The molecule has 0 saturated heterocycles. The number of nitrogens with one attached hydrogen (secondary N) is 1. The Morgan fingerprint density at radius 3 is 2.54 bits per heavy atom. The largest absolute Gasteiger partial charge is 0.304 e. The number of anilines is 1. The van der Waals surface area contributed by atoms with E-state index in [1.54, 1.807) is 6.20 Å². The number of carbonyl (C=O) groups is 1. The molecule has 128 valence electrons. The first-order valence-corrected chi connectivity index (χ1v) is 8.26. The van der Waals surface area contributed by atoms with E-state index in [-0.39, 0.29) is 11.6 Å². The highest BCUT2D eigenvalue weighted by Crippen LogP contribution is 2.30. The number of amides is 1. The summed E-state index contributed by atoms with van der Waals surface area (Å²) >= 11 is 0. The van der Waals surface area contributed by atoms with E-state index in [9.17, 15) is 4.79 Å². The second-order valence-corrected chi connectivity index (χ2v) is 6.06. The molecule has 26 heavy (non-hydrogen) atoms. The van der Waals surface area contributed by atoms with Gasteiger partial charge < -0.3 is 5.32 Å². The molecule has 0 unspecified atom stereocenters. The monoisotopic (exact) mass is 343 g/mol. The number of hydrogen-bond donors (Lipinski definition) is 1. The Kier molecular flexibility index (Phi) is 3.93. The molecule has 6 nitrogen and oxygen atoms in total. The first kappa shape index (κ1) is 16.0. The Hall–Kier alpha value is -3.54. The molecule has 4 rings (SSSR count). The van der Waals surface area contributed by atoms with Crippen LogP contribution < -0.4 is 5.32 Å². The summed E-state index contributed by atoms with van der Waals surface area (Å²) in [5.74, 6) is 0.292. The predicted octanol–water partition coefficient (Wildman–Crippen LogP) is 3.66. The SMILES string of the molecule is Cc1cnc(C(=O)Nc2c(-c3ccccc3)nc3c(C)cccn23)cn1. The molecular formula is C20H17N5O. The highest BCUT2D eigenvalue weighted by molar-refractivity contribution is 6.04. The number of carbonyl (C=O) groups excluding carboxylic acids is 1. The van der Waals surface area contributed by atoms with E-state index in [0.717, 1.165) is 22.5 Å². The maximum atomic E-state index is 12.7. The number of hydrogen-bond acceptors (Lipinski definition) is 4. The number of rotatable bonds is 3. The zero-order chi connectivity index (χ0) is 18.1. The van der Waals surface area contributed by atoms with Gasteiger partial charge in [-0.3, -0.25) is 14.2 Å². The van der Waals surface area contributed by atoms with Crippen molar-refractivity contribution in [1.29, 1.82) is 0 Å². The van der Waals surface area contributed by atoms with Gasteiger partial charge in [-0.25, -0.2) is 9.97 Å². The van der Waals surface area contributed by atoms with E-state index in [0.29, 0.717) is 11.5 Å². The van der Waals surface area contributed by atoms with Crippen LogP contribution in [0.3, 0.4) is 0 Å². The lowest BCUT2D eigenvalue weighted by molar-refractivity contribution is 0.102. The van der Waals surface area contributed by atoms with Gasteiger partial charge in [-0.15, -0.1) is 0 Å². The minimum Gasteiger partial charge on any atom is -0.304 e. The molecular weight excluding hydrogens is 326 g/mol. The summed E-state index contributed by atoms with van der Waals surface area (Å²) in [5.41, 5.74) is 4.50. The molecule has 1 aromatic carbocycles. The van der Waals surface area contributed by atoms with Crippen molar-refractivity contribution < 1.29 is 4.79 Å². The molecule has 4 aromatic rings. The lowest BCUT2D eigenvalue weighted by Gasteiger charge is -2.08. The fourth-order valence-electron chi connectivity index (χ4n) is 2.80. The van der Waals surface area contributed by atoms with Gasteiger partial charge in [0.05, 0.1) is 11.9 Å². The van der Waals surface area contributed by atoms with Crippen LogP contribution in [0, 0.1) is 13.8 Å². The summed E-state index contributed by atoms with van der Waals surface area (Å²) < 4.78 is 1.89. The fraction of sp³-hybridized carbons (Fsp3) is 0.100. The van der Waals surface area contributed by atoms with Crippen molar-refractivity contribution in [2.24, 2.45) is 0 Å². The van der Waals surface area contributed by atoms with Gasteiger partial charge in [-0.05, 0) is 25.5 Å². The maximum Gasteiger partial charge on any atom is 0.277 e. The van der Waals surface area contributed by atoms with Crippen LogP contribution in [0.1, 0.15) is 21.7 Å². The molecule has 1 N–H and O–H groups in total. The van der Waals surface area contributed by atoms with Crippen LogP contribution in [0.4, 0.5) is 5.82 Å². The summed E-state index contributed by atoms with van der Waals surface area (Å²) in [5, 5.41) is 2.95. The highest BCUT2D eigenvalue weighted by Gasteiger charge is 2.18. The predicted molar refractivity (Wildman–Crippen MR) is 100 cm³/mol. The number of imidazole rings is 1. The van der Waals surface area contributed by atoms with Gasteiger partial charge in [0.1, 0.15) is 22.9 Å². The molecule has 1 amide bonds. The quantitative estimate of drug-likeness (QED) is 0.616. The zero-order valence-electron chi connectivity index (χ0n) is 14.5. The van der Waals surface area contributed by atoms with Gasteiger partial charge in [0.25, 0.3) is 5.91 Å². The third-order valence-electron chi connectivity index (χ3n) is 4.14. The van der Waals surface area contributed by atoms with Crippen molar-refractivity contribution >= 4 is 17.4 Å². The Bertz CT molecular complexity index is 1080. The second kappa shape index (κ2) is 6.40. The smallest absolute Gasteiger partial charge is 0.277 e. The van der Waals surface area contributed by atoms with Gasteiger partial charge >= 0.3 is 0 Å². The van der Waals surface area contributed by atoms with Crippen molar-refractivity contribution in [3.05, 3.63) is 78.0 Å². The summed E-state index contributed by atoms with van der Waals surface area (Å²) in [4.78, 5) is 25.7. The highest BCUT2D eigenvalue weighted by atomic mass is 16.2. The van der Waals surface area contributed by atoms with Crippen LogP contribution in [0.15, 0.2) is 61.1 Å². The molecule has 0 saturated carbocycles. The lowest BCUT2D eigenvalue weighted by atomic mass is 10.1. The first-order valence-electron chi connectivity index (χ1n) is 8.26. The Balaban J connectivity index is 1.83. The van der Waals surface area contributed by atoms with Crippen LogP contribution in [-0.4, -0.2) is 25.3 Å². The van der Waals surface area contributed by atoms with Crippen LogP contribution in [0.2, 0.25) is 0 Å². The summed E-state index contributed by atoms with van der Waals surface area (Å²) in [6.45, 7) is 3.82. The van der Waals surface area contributed by atoms with Crippen molar-refractivity contribution in [2.75, 3.05) is 5.32 Å². The molecule has 0 fully saturated rings. The molecule has 6 heteroatoms. The standard InChI is InChI=1S/C20H17N5O/c1-13-7-6-10-25-18(13)23-17(15-8-4-3-5-9-15)19(25)24-20(26)16-12-21-14(2)11-22-16/h3-12H,1-2H3,(H,24,26). The third kappa shape index (κ3) is 2.82. The normalized spacial score (nSPS) is 10.8. The molecule has 3 aromatic heterocycles. The van der Waals surface area contributed by atoms with Crippen molar-refractivity contribution in [2.45, 2.75) is 13.8 Å². The molecule has 0 spiro atoms. The van der Waals surface area contributed by atoms with Gasteiger partial charge in [0, 0.05) is 18.0 Å². The van der Waals surface area contributed by atoms with E-state index < -0.39 is 0 Å². The Morgan fingerprint density at radius 1 is 1.00 bits per heavy atom. The third-order valence-corrected chi connectivity index (χ3v) is 4.14. The second-order valence-electron chi connectivity index (χ2n) is 6.06. The fourth-order valence-corrected chi connectivity index (χ4v) is 2.80. The van der Waals surface area contributed by atoms with Gasteiger partial charge in [0.2, 0.25) is 0 Å². The number of nitrogens with zero attached hydrogens (tertiary/aromatic N) is 4. The number of pyridine rings is 1. The Morgan fingerprint density at radius 2 is 1.81 bits per heavy atom. The number of aromatic nitrogens is 4. The maximum absolute atomic E-state index is 12.7. The topological polar surface area (TPSA) is 72.2 Å². The van der Waals surface area contributed by atoms with E-state index in [1.165, 1.54) is 6.20 Å². The summed E-state index contributed by atoms with van der Waals surface area (Å²) in [6, 6.07) is 13.7. The lowest BCUT2D eigenvalue weighted by Crippen LogP contribution is -2.16. The van der Waals surface area contributed by atoms with E-state index in [2.05, 4.69) is 15.3 Å². The van der Waals surface area contributed by atoms with Crippen molar-refractivity contribution in [3.8, 4) is 11.3 Å². The van der Waals surface area contributed by atoms with Crippen molar-refractivity contribution in [3.63, 3.8) is 0 Å². The molecule has 0 radical (unpaired) electrons. The number of fused-ring (bicyclic) bond motifs is 1. The summed E-state index contributed by atoms with van der Waals surface area (Å²) in [6.07, 6.45) is 4.94. The average molecular weight is 343 g/mol. The molecule has 0 aliphatic rings. The first-order chi connectivity index (χ1) is 12.6. The van der Waals surface area contributed by atoms with Crippen LogP contribution in [0.25, 0.3) is 16.9 Å². The van der Waals surface area contributed by atoms with Gasteiger partial charge in [-0.2, -0.15) is 0 Å². The van der Waals surface area contributed by atoms with E-state index in [4.69, 9.17) is 4.98 Å². The van der Waals surface area contributed by atoms with Crippen LogP contribution in [-0.2, 0) is 0 Å².